The highest BCUT2D eigenvalue weighted by molar-refractivity contribution is 7.89. The molecule has 2 fully saturated rings. The van der Waals surface area contributed by atoms with Gasteiger partial charge in [-0.2, -0.15) is 17.5 Å². The summed E-state index contributed by atoms with van der Waals surface area (Å²) in [4.78, 5) is 16.1. The Morgan fingerprint density at radius 1 is 0.906 bits per heavy atom. The second-order valence-electron chi connectivity index (χ2n) is 7.91. The highest BCUT2D eigenvalue weighted by atomic mass is 32.2. The number of rotatable bonds is 4. The largest absolute Gasteiger partial charge is 0.438 e. The van der Waals surface area contributed by atoms with Crippen LogP contribution in [-0.2, 0) is 16.2 Å². The maximum absolute atomic E-state index is 13.0. The zero-order valence-corrected chi connectivity index (χ0v) is 18.2. The number of furan rings is 1. The Labute approximate surface area is 184 Å². The summed E-state index contributed by atoms with van der Waals surface area (Å²) in [5, 5.41) is -0.245. The predicted molar refractivity (Wildman–Crippen MR) is 111 cm³/mol. The first-order chi connectivity index (χ1) is 15.2. The summed E-state index contributed by atoms with van der Waals surface area (Å²) in [6.07, 6.45) is -1.84. The van der Waals surface area contributed by atoms with Crippen molar-refractivity contribution >= 4 is 21.6 Å². The molecule has 174 valence electrons. The smallest absolute Gasteiger partial charge is 0.416 e. The van der Waals surface area contributed by atoms with Gasteiger partial charge in [-0.15, -0.1) is 0 Å². The van der Waals surface area contributed by atoms with Gasteiger partial charge in [-0.3, -0.25) is 4.79 Å². The second-order valence-corrected chi connectivity index (χ2v) is 9.78. The van der Waals surface area contributed by atoms with Gasteiger partial charge in [-0.1, -0.05) is 12.5 Å². The summed E-state index contributed by atoms with van der Waals surface area (Å²) in [6, 6.07) is 7.76. The van der Waals surface area contributed by atoms with Gasteiger partial charge in [0.1, 0.15) is 0 Å². The number of sulfonamides is 1. The van der Waals surface area contributed by atoms with Gasteiger partial charge in [-0.25, -0.2) is 8.42 Å². The molecular formula is C21H24F3N3O4S. The summed E-state index contributed by atoms with van der Waals surface area (Å²) in [7, 11) is -3.77. The average Bonchev–Trinajstić information content (AvgIpc) is 3.30. The monoisotopic (exact) mass is 471 g/mol. The fraction of sp³-hybridized carbons (Fsp3) is 0.476. The summed E-state index contributed by atoms with van der Waals surface area (Å²) in [5.74, 6) is -0.498. The Balaban J connectivity index is 1.40. The number of nitrogens with zero attached hydrogens (tertiary/aromatic N) is 3. The van der Waals surface area contributed by atoms with E-state index >= 15 is 0 Å². The van der Waals surface area contributed by atoms with Gasteiger partial charge >= 0.3 is 6.18 Å². The summed E-state index contributed by atoms with van der Waals surface area (Å²) in [5.41, 5.74) is -0.272. The molecule has 0 bridgehead atoms. The maximum Gasteiger partial charge on any atom is 0.416 e. The molecule has 1 amide bonds. The molecule has 7 nitrogen and oxygen atoms in total. The van der Waals surface area contributed by atoms with Crippen molar-refractivity contribution in [2.75, 3.05) is 44.2 Å². The van der Waals surface area contributed by atoms with Crippen molar-refractivity contribution in [2.24, 2.45) is 0 Å². The molecule has 11 heteroatoms. The number of hydrogen-bond acceptors (Lipinski definition) is 5. The van der Waals surface area contributed by atoms with Crippen LogP contribution in [0.3, 0.4) is 0 Å². The van der Waals surface area contributed by atoms with Crippen LogP contribution in [0.25, 0.3) is 0 Å². The van der Waals surface area contributed by atoms with E-state index in [0.717, 1.165) is 31.4 Å². The van der Waals surface area contributed by atoms with Crippen molar-refractivity contribution in [3.63, 3.8) is 0 Å². The van der Waals surface area contributed by atoms with E-state index in [2.05, 4.69) is 0 Å². The maximum atomic E-state index is 13.0. The van der Waals surface area contributed by atoms with Crippen LogP contribution in [0.4, 0.5) is 18.9 Å². The van der Waals surface area contributed by atoms with Gasteiger partial charge in [0.05, 0.1) is 5.56 Å². The lowest BCUT2D eigenvalue weighted by Gasteiger charge is -2.36. The zero-order valence-electron chi connectivity index (χ0n) is 17.3. The van der Waals surface area contributed by atoms with Crippen molar-refractivity contribution in [1.29, 1.82) is 0 Å². The standard InChI is InChI=1S/C21H24F3N3O4S/c22-21(23,24)16-5-4-6-17(15-16)25-11-13-26(14-12-25)20(28)18-7-8-19(31-18)32(29,30)27-9-2-1-3-10-27/h4-8,15H,1-3,9-14H2. The summed E-state index contributed by atoms with van der Waals surface area (Å²) in [6.45, 7) is 2.14. The molecule has 2 aliphatic heterocycles. The number of carbonyl (C=O) groups is 1. The molecule has 2 aliphatic rings. The van der Waals surface area contributed by atoms with Gasteiger partial charge in [0.25, 0.3) is 15.9 Å². The molecule has 0 spiro atoms. The lowest BCUT2D eigenvalue weighted by atomic mass is 10.1. The van der Waals surface area contributed by atoms with E-state index in [9.17, 15) is 26.4 Å². The number of anilines is 1. The molecule has 3 heterocycles. The van der Waals surface area contributed by atoms with E-state index in [-0.39, 0.29) is 23.9 Å². The van der Waals surface area contributed by atoms with Crippen molar-refractivity contribution in [3.8, 4) is 0 Å². The molecule has 0 aliphatic carbocycles. The average molecular weight is 472 g/mol. The number of piperazine rings is 1. The van der Waals surface area contributed by atoms with E-state index in [0.29, 0.717) is 31.9 Å². The third kappa shape index (κ3) is 4.63. The van der Waals surface area contributed by atoms with E-state index < -0.39 is 27.7 Å². The number of hydrogen-bond donors (Lipinski definition) is 0. The van der Waals surface area contributed by atoms with Crippen molar-refractivity contribution in [3.05, 3.63) is 47.7 Å². The molecule has 0 radical (unpaired) electrons. The molecule has 4 rings (SSSR count). The molecule has 0 unspecified atom stereocenters. The van der Waals surface area contributed by atoms with E-state index in [1.165, 1.54) is 27.4 Å². The van der Waals surface area contributed by atoms with Crippen LogP contribution in [0.5, 0.6) is 0 Å². The van der Waals surface area contributed by atoms with Gasteiger partial charge < -0.3 is 14.2 Å². The van der Waals surface area contributed by atoms with Crippen molar-refractivity contribution in [2.45, 2.75) is 30.5 Å². The minimum atomic E-state index is -4.42. The van der Waals surface area contributed by atoms with Crippen LogP contribution in [0, 0.1) is 0 Å². The first-order valence-corrected chi connectivity index (χ1v) is 11.9. The van der Waals surface area contributed by atoms with E-state index in [1.54, 1.807) is 11.0 Å². The minimum Gasteiger partial charge on any atom is -0.438 e. The van der Waals surface area contributed by atoms with Crippen LogP contribution in [0.2, 0.25) is 0 Å². The molecule has 0 N–H and O–H groups in total. The van der Waals surface area contributed by atoms with E-state index in [4.69, 9.17) is 4.42 Å². The fourth-order valence-electron chi connectivity index (χ4n) is 4.01. The van der Waals surface area contributed by atoms with E-state index in [1.807, 2.05) is 0 Å². The van der Waals surface area contributed by atoms with Gasteiger partial charge in [0.2, 0.25) is 5.09 Å². The first-order valence-electron chi connectivity index (χ1n) is 10.5. The summed E-state index contributed by atoms with van der Waals surface area (Å²) < 4.78 is 71.1. The molecule has 0 saturated carbocycles. The molecule has 2 aromatic rings. The number of amides is 1. The molecule has 0 atom stereocenters. The van der Waals surface area contributed by atoms with Crippen molar-refractivity contribution < 1.29 is 30.8 Å². The molecular weight excluding hydrogens is 447 g/mol. The van der Waals surface area contributed by atoms with Gasteiger partial charge in [0.15, 0.2) is 5.76 Å². The zero-order chi connectivity index (χ0) is 22.9. The minimum absolute atomic E-state index is 0.0619. The Morgan fingerprint density at radius 3 is 2.25 bits per heavy atom. The Bertz CT molecular complexity index is 1070. The quantitative estimate of drug-likeness (QED) is 0.683. The van der Waals surface area contributed by atoms with Crippen LogP contribution < -0.4 is 4.90 Å². The highest BCUT2D eigenvalue weighted by Crippen LogP contribution is 2.32. The number of halogens is 3. The highest BCUT2D eigenvalue weighted by Gasteiger charge is 2.33. The number of carbonyl (C=O) groups excluding carboxylic acids is 1. The lowest BCUT2D eigenvalue weighted by molar-refractivity contribution is -0.137. The second kappa shape index (κ2) is 8.78. The van der Waals surface area contributed by atoms with Crippen LogP contribution in [-0.4, -0.2) is 62.8 Å². The Morgan fingerprint density at radius 2 is 1.59 bits per heavy atom. The third-order valence-electron chi connectivity index (χ3n) is 5.81. The van der Waals surface area contributed by atoms with Crippen molar-refractivity contribution in [1.82, 2.24) is 9.21 Å². The summed E-state index contributed by atoms with van der Waals surface area (Å²) >= 11 is 0. The molecule has 1 aromatic heterocycles. The Hall–Kier alpha value is -2.53. The van der Waals surface area contributed by atoms with Crippen LogP contribution in [0.15, 0.2) is 45.9 Å². The number of alkyl halides is 3. The first kappa shape index (κ1) is 22.7. The van der Waals surface area contributed by atoms with Crippen LogP contribution >= 0.6 is 0 Å². The predicted octanol–water partition coefficient (Wildman–Crippen LogP) is 3.44. The number of benzene rings is 1. The molecule has 2 saturated heterocycles. The van der Waals surface area contributed by atoms with Gasteiger partial charge in [0, 0.05) is 45.0 Å². The number of piperidine rings is 1. The Kier molecular flexibility index (Phi) is 6.22. The fourth-order valence-corrected chi connectivity index (χ4v) is 5.44. The topological polar surface area (TPSA) is 74.1 Å². The van der Waals surface area contributed by atoms with Crippen LogP contribution in [0.1, 0.15) is 35.4 Å². The lowest BCUT2D eigenvalue weighted by Crippen LogP contribution is -2.48. The molecule has 1 aromatic carbocycles. The normalized spacial score (nSPS) is 18.7. The SMILES string of the molecule is O=C(c1ccc(S(=O)(=O)N2CCCCC2)o1)N1CCN(c2cccc(C(F)(F)F)c2)CC1. The van der Waals surface area contributed by atoms with Gasteiger partial charge in [-0.05, 0) is 43.2 Å². The third-order valence-corrected chi connectivity index (χ3v) is 7.58. The molecule has 32 heavy (non-hydrogen) atoms.